The average Bonchev–Trinajstić information content (AvgIpc) is 3.29. The van der Waals surface area contributed by atoms with E-state index in [4.69, 9.17) is 0 Å². The third-order valence-electron chi connectivity index (χ3n) is 4.97. The average molecular weight is 338 g/mol. The lowest BCUT2D eigenvalue weighted by Crippen LogP contribution is -2.39. The van der Waals surface area contributed by atoms with E-state index in [9.17, 15) is 4.79 Å². The Kier molecular flexibility index (Phi) is 3.99. The van der Waals surface area contributed by atoms with Gasteiger partial charge < -0.3 is 9.88 Å². The van der Waals surface area contributed by atoms with Crippen molar-refractivity contribution in [2.75, 3.05) is 6.54 Å². The number of aromatic nitrogens is 5. The van der Waals surface area contributed by atoms with E-state index in [0.717, 1.165) is 30.2 Å². The molecule has 1 saturated heterocycles. The van der Waals surface area contributed by atoms with Gasteiger partial charge in [-0.3, -0.25) is 4.79 Å². The highest BCUT2D eigenvalue weighted by Gasteiger charge is 2.32. The number of tetrazole rings is 1. The Morgan fingerprint density at radius 1 is 1.28 bits per heavy atom. The summed E-state index contributed by atoms with van der Waals surface area (Å²) in [7, 11) is 0. The number of hydrogen-bond acceptors (Lipinski definition) is 4. The van der Waals surface area contributed by atoms with Gasteiger partial charge >= 0.3 is 0 Å². The Morgan fingerprint density at radius 2 is 2.16 bits per heavy atom. The van der Waals surface area contributed by atoms with Crippen LogP contribution < -0.4 is 0 Å². The number of carbonyl (C=O) groups is 1. The van der Waals surface area contributed by atoms with Crippen molar-refractivity contribution in [2.24, 2.45) is 0 Å². The fourth-order valence-corrected chi connectivity index (χ4v) is 3.53. The number of benzene rings is 1. The van der Waals surface area contributed by atoms with Crippen LogP contribution in [0, 0.1) is 0 Å². The molecule has 1 unspecified atom stereocenters. The SMILES string of the molecule is CC(C)c1ccc2cc(C(=O)N3CCCCC3c3nn[nH]n3)[nH]c2c1. The van der Waals surface area contributed by atoms with Gasteiger partial charge in [0.25, 0.3) is 5.91 Å². The van der Waals surface area contributed by atoms with Crippen molar-refractivity contribution in [3.8, 4) is 0 Å². The zero-order valence-corrected chi connectivity index (χ0v) is 14.5. The maximum atomic E-state index is 13.1. The summed E-state index contributed by atoms with van der Waals surface area (Å²) in [6.07, 6.45) is 2.92. The van der Waals surface area contributed by atoms with Gasteiger partial charge in [0.1, 0.15) is 5.69 Å². The normalized spacial score (nSPS) is 18.2. The predicted octanol–water partition coefficient (Wildman–Crippen LogP) is 3.17. The molecule has 0 bridgehead atoms. The number of nitrogens with one attached hydrogen (secondary N) is 2. The molecule has 0 spiro atoms. The van der Waals surface area contributed by atoms with Crippen molar-refractivity contribution in [1.82, 2.24) is 30.5 Å². The highest BCUT2D eigenvalue weighted by atomic mass is 16.2. The number of nitrogens with zero attached hydrogens (tertiary/aromatic N) is 4. The summed E-state index contributed by atoms with van der Waals surface area (Å²) < 4.78 is 0. The number of likely N-dealkylation sites (tertiary alicyclic amines) is 1. The molecule has 4 rings (SSSR count). The third-order valence-corrected chi connectivity index (χ3v) is 4.97. The van der Waals surface area contributed by atoms with Gasteiger partial charge in [-0.1, -0.05) is 31.2 Å². The molecule has 1 amide bonds. The van der Waals surface area contributed by atoms with Gasteiger partial charge in [0.15, 0.2) is 5.82 Å². The van der Waals surface area contributed by atoms with Crippen LogP contribution in [-0.4, -0.2) is 43.0 Å². The van der Waals surface area contributed by atoms with Crippen LogP contribution in [0.15, 0.2) is 24.3 Å². The molecule has 1 aliphatic heterocycles. The minimum absolute atomic E-state index is 0.00297. The molecule has 1 atom stereocenters. The Bertz CT molecular complexity index is 882. The van der Waals surface area contributed by atoms with E-state index < -0.39 is 0 Å². The molecule has 7 nitrogen and oxygen atoms in total. The number of fused-ring (bicyclic) bond motifs is 1. The smallest absolute Gasteiger partial charge is 0.270 e. The molecule has 0 aliphatic carbocycles. The van der Waals surface area contributed by atoms with Crippen LogP contribution in [0.25, 0.3) is 10.9 Å². The monoisotopic (exact) mass is 338 g/mol. The second kappa shape index (κ2) is 6.31. The molecule has 2 N–H and O–H groups in total. The molecule has 25 heavy (non-hydrogen) atoms. The molecule has 1 aromatic carbocycles. The number of amides is 1. The van der Waals surface area contributed by atoms with E-state index in [1.54, 1.807) is 0 Å². The van der Waals surface area contributed by atoms with Gasteiger partial charge in [-0.2, -0.15) is 5.21 Å². The second-order valence-electron chi connectivity index (χ2n) is 6.96. The van der Waals surface area contributed by atoms with Gasteiger partial charge in [0, 0.05) is 17.4 Å². The van der Waals surface area contributed by atoms with Crippen LogP contribution in [-0.2, 0) is 0 Å². The van der Waals surface area contributed by atoms with Gasteiger partial charge in [0.2, 0.25) is 0 Å². The highest BCUT2D eigenvalue weighted by molar-refractivity contribution is 5.98. The number of carbonyl (C=O) groups excluding carboxylic acids is 1. The molecular formula is C18H22N6O. The van der Waals surface area contributed by atoms with E-state index in [1.807, 2.05) is 11.0 Å². The highest BCUT2D eigenvalue weighted by Crippen LogP contribution is 2.30. The molecule has 2 aromatic heterocycles. The molecule has 3 aromatic rings. The summed E-state index contributed by atoms with van der Waals surface area (Å²) in [5, 5.41) is 15.4. The molecule has 1 fully saturated rings. The zero-order chi connectivity index (χ0) is 17.4. The first kappa shape index (κ1) is 15.8. The predicted molar refractivity (Wildman–Crippen MR) is 94.2 cm³/mol. The maximum absolute atomic E-state index is 13.1. The van der Waals surface area contributed by atoms with E-state index in [-0.39, 0.29) is 11.9 Å². The van der Waals surface area contributed by atoms with Crippen molar-refractivity contribution in [3.63, 3.8) is 0 Å². The van der Waals surface area contributed by atoms with Gasteiger partial charge in [-0.25, -0.2) is 0 Å². The summed E-state index contributed by atoms with van der Waals surface area (Å²) in [6.45, 7) is 5.05. The standard InChI is InChI=1S/C18H22N6O/c1-11(2)12-6-7-13-10-15(19-14(13)9-12)18(25)24-8-4-3-5-16(24)17-20-22-23-21-17/h6-7,9-11,16,19H,3-5,8H2,1-2H3,(H,20,21,22,23). The van der Waals surface area contributed by atoms with Crippen LogP contribution >= 0.6 is 0 Å². The topological polar surface area (TPSA) is 90.6 Å². The summed E-state index contributed by atoms with van der Waals surface area (Å²) in [5.74, 6) is 1.04. The quantitative estimate of drug-likeness (QED) is 0.767. The van der Waals surface area contributed by atoms with Crippen molar-refractivity contribution in [2.45, 2.75) is 45.1 Å². The molecule has 1 aliphatic rings. The molecule has 3 heterocycles. The first-order chi connectivity index (χ1) is 12.1. The fraction of sp³-hybridized carbons (Fsp3) is 0.444. The zero-order valence-electron chi connectivity index (χ0n) is 14.5. The Balaban J connectivity index is 1.66. The Hall–Kier alpha value is -2.70. The summed E-state index contributed by atoms with van der Waals surface area (Å²) in [5.41, 5.74) is 2.88. The van der Waals surface area contributed by atoms with E-state index in [1.165, 1.54) is 5.56 Å². The molecule has 7 heteroatoms. The minimum atomic E-state index is -0.113. The number of rotatable bonds is 3. The Morgan fingerprint density at radius 3 is 2.92 bits per heavy atom. The van der Waals surface area contributed by atoms with Crippen molar-refractivity contribution >= 4 is 16.8 Å². The second-order valence-corrected chi connectivity index (χ2v) is 6.96. The molecule has 0 saturated carbocycles. The van der Waals surface area contributed by atoms with Crippen LogP contribution in [0.5, 0.6) is 0 Å². The fourth-order valence-electron chi connectivity index (χ4n) is 3.53. The van der Waals surface area contributed by atoms with Gasteiger partial charge in [-0.15, -0.1) is 10.2 Å². The first-order valence-electron chi connectivity index (χ1n) is 8.80. The van der Waals surface area contributed by atoms with Crippen molar-refractivity contribution in [3.05, 3.63) is 41.3 Å². The van der Waals surface area contributed by atoms with E-state index in [2.05, 4.69) is 57.7 Å². The molecule has 130 valence electrons. The number of aromatic amines is 2. The summed E-state index contributed by atoms with van der Waals surface area (Å²) >= 11 is 0. The van der Waals surface area contributed by atoms with Crippen molar-refractivity contribution in [1.29, 1.82) is 0 Å². The lowest BCUT2D eigenvalue weighted by atomic mass is 10.0. The van der Waals surface area contributed by atoms with Crippen LogP contribution in [0.1, 0.15) is 66.9 Å². The van der Waals surface area contributed by atoms with Crippen LogP contribution in [0.4, 0.5) is 0 Å². The lowest BCUT2D eigenvalue weighted by Gasteiger charge is -2.33. The number of piperidine rings is 1. The lowest BCUT2D eigenvalue weighted by molar-refractivity contribution is 0.0595. The number of hydrogen-bond donors (Lipinski definition) is 2. The summed E-state index contributed by atoms with van der Waals surface area (Å²) in [4.78, 5) is 18.3. The van der Waals surface area contributed by atoms with Crippen LogP contribution in [0.3, 0.4) is 0 Å². The van der Waals surface area contributed by atoms with Crippen LogP contribution in [0.2, 0.25) is 0 Å². The number of H-pyrrole nitrogens is 2. The van der Waals surface area contributed by atoms with Gasteiger partial charge in [-0.05, 0) is 42.9 Å². The van der Waals surface area contributed by atoms with E-state index >= 15 is 0 Å². The molecule has 0 radical (unpaired) electrons. The van der Waals surface area contributed by atoms with Crippen molar-refractivity contribution < 1.29 is 4.79 Å². The maximum Gasteiger partial charge on any atom is 0.270 e. The Labute approximate surface area is 145 Å². The summed E-state index contributed by atoms with van der Waals surface area (Å²) in [6, 6.07) is 8.15. The third kappa shape index (κ3) is 2.90. The first-order valence-corrected chi connectivity index (χ1v) is 8.80. The minimum Gasteiger partial charge on any atom is -0.351 e. The van der Waals surface area contributed by atoms with E-state index in [0.29, 0.717) is 24.0 Å². The van der Waals surface area contributed by atoms with Gasteiger partial charge in [0.05, 0.1) is 6.04 Å². The molecular weight excluding hydrogens is 316 g/mol. The largest absolute Gasteiger partial charge is 0.351 e.